The minimum Gasteiger partial charge on any atom is -0.339 e. The van der Waals surface area contributed by atoms with Crippen LogP contribution in [-0.4, -0.2) is 19.5 Å². The van der Waals surface area contributed by atoms with Gasteiger partial charge in [-0.15, -0.1) is 6.58 Å². The second-order valence-corrected chi connectivity index (χ2v) is 2.76. The molecule has 2 rings (SSSR count). The summed E-state index contributed by atoms with van der Waals surface area (Å²) in [5.74, 6) is 0. The van der Waals surface area contributed by atoms with E-state index in [2.05, 4.69) is 21.5 Å². The molecule has 0 saturated heterocycles. The number of nitrogens with zero attached hydrogens (tertiary/aromatic N) is 2. The van der Waals surface area contributed by atoms with Crippen molar-refractivity contribution >= 4 is 11.2 Å². The van der Waals surface area contributed by atoms with E-state index in [0.717, 1.165) is 0 Å². The highest BCUT2D eigenvalue weighted by Gasteiger charge is 2.07. The zero-order valence-electron chi connectivity index (χ0n) is 7.28. The molecular formula is C8H8N4O2. The molecular weight excluding hydrogens is 184 g/mol. The number of aromatic amines is 2. The molecule has 2 N–H and O–H groups in total. The van der Waals surface area contributed by atoms with Gasteiger partial charge < -0.3 is 4.98 Å². The van der Waals surface area contributed by atoms with Crippen LogP contribution in [0, 0.1) is 0 Å². The number of hydrogen-bond acceptors (Lipinski definition) is 3. The molecule has 14 heavy (non-hydrogen) atoms. The van der Waals surface area contributed by atoms with E-state index in [1.807, 2.05) is 0 Å². The van der Waals surface area contributed by atoms with Crippen molar-refractivity contribution in [1.82, 2.24) is 19.5 Å². The lowest BCUT2D eigenvalue weighted by Crippen LogP contribution is -2.30. The van der Waals surface area contributed by atoms with Gasteiger partial charge in [0.15, 0.2) is 5.65 Å². The molecule has 0 aromatic carbocycles. The summed E-state index contributed by atoms with van der Waals surface area (Å²) in [7, 11) is 0. The first-order valence-corrected chi connectivity index (χ1v) is 4.01. The number of aromatic nitrogens is 4. The van der Waals surface area contributed by atoms with Crippen LogP contribution in [0.15, 0.2) is 28.6 Å². The summed E-state index contributed by atoms with van der Waals surface area (Å²) in [4.78, 5) is 31.3. The predicted molar refractivity (Wildman–Crippen MR) is 51.2 cm³/mol. The maximum absolute atomic E-state index is 11.3. The van der Waals surface area contributed by atoms with Crippen molar-refractivity contribution in [3.63, 3.8) is 0 Å². The lowest BCUT2D eigenvalue weighted by atomic mass is 10.5. The number of imidazole rings is 1. The second-order valence-electron chi connectivity index (χ2n) is 2.76. The summed E-state index contributed by atoms with van der Waals surface area (Å²) in [6.45, 7) is 3.84. The first kappa shape index (κ1) is 8.49. The molecule has 0 saturated carbocycles. The number of rotatable bonds is 2. The van der Waals surface area contributed by atoms with Crippen LogP contribution in [0.2, 0.25) is 0 Å². The van der Waals surface area contributed by atoms with Crippen molar-refractivity contribution in [2.24, 2.45) is 0 Å². The zero-order chi connectivity index (χ0) is 10.1. The fourth-order valence-electron chi connectivity index (χ4n) is 1.28. The summed E-state index contributed by atoms with van der Waals surface area (Å²) in [5, 5.41) is 0. The number of fused-ring (bicyclic) bond motifs is 1. The molecule has 2 heterocycles. The Labute approximate surface area is 77.9 Å². The van der Waals surface area contributed by atoms with Crippen LogP contribution in [0.4, 0.5) is 0 Å². The van der Waals surface area contributed by atoms with Gasteiger partial charge in [0.25, 0.3) is 5.56 Å². The average molecular weight is 192 g/mol. The molecule has 0 spiro atoms. The van der Waals surface area contributed by atoms with Crippen molar-refractivity contribution in [3.8, 4) is 0 Å². The van der Waals surface area contributed by atoms with Gasteiger partial charge in [-0.1, -0.05) is 6.08 Å². The zero-order valence-corrected chi connectivity index (χ0v) is 7.28. The smallest absolute Gasteiger partial charge is 0.330 e. The molecule has 0 radical (unpaired) electrons. The fourth-order valence-corrected chi connectivity index (χ4v) is 1.28. The Hall–Kier alpha value is -2.11. The van der Waals surface area contributed by atoms with E-state index in [4.69, 9.17) is 0 Å². The standard InChI is InChI=1S/C8H8N4O2/c1-2-3-12-6-5(9-4-10-6)7(13)11-8(12)14/h2,4H,1,3H2,(H,9,10)(H,11,13,14). The highest BCUT2D eigenvalue weighted by Crippen LogP contribution is 1.99. The molecule has 6 nitrogen and oxygen atoms in total. The van der Waals surface area contributed by atoms with E-state index in [0.29, 0.717) is 17.7 Å². The molecule has 0 bridgehead atoms. The number of H-pyrrole nitrogens is 2. The summed E-state index contributed by atoms with van der Waals surface area (Å²) >= 11 is 0. The van der Waals surface area contributed by atoms with Crippen molar-refractivity contribution in [1.29, 1.82) is 0 Å². The Morgan fingerprint density at radius 2 is 2.36 bits per heavy atom. The van der Waals surface area contributed by atoms with Crippen LogP contribution in [0.1, 0.15) is 0 Å². The van der Waals surface area contributed by atoms with E-state index in [1.165, 1.54) is 10.9 Å². The molecule has 0 amide bonds. The largest absolute Gasteiger partial charge is 0.339 e. The number of hydrogen-bond donors (Lipinski definition) is 2. The third-order valence-electron chi connectivity index (χ3n) is 1.88. The quantitative estimate of drug-likeness (QED) is 0.635. The third kappa shape index (κ3) is 1.08. The van der Waals surface area contributed by atoms with E-state index in [1.54, 1.807) is 6.08 Å². The molecule has 0 aliphatic carbocycles. The summed E-state index contributed by atoms with van der Waals surface area (Å²) in [5.41, 5.74) is -0.289. The van der Waals surface area contributed by atoms with Crippen LogP contribution >= 0.6 is 0 Å². The first-order valence-electron chi connectivity index (χ1n) is 4.01. The second kappa shape index (κ2) is 2.99. The Kier molecular flexibility index (Phi) is 1.81. The number of nitrogens with one attached hydrogen (secondary N) is 2. The van der Waals surface area contributed by atoms with E-state index in [-0.39, 0.29) is 0 Å². The van der Waals surface area contributed by atoms with Gasteiger partial charge in [0.05, 0.1) is 6.33 Å². The van der Waals surface area contributed by atoms with Gasteiger partial charge >= 0.3 is 5.69 Å². The average Bonchev–Trinajstić information content (AvgIpc) is 2.60. The van der Waals surface area contributed by atoms with E-state index >= 15 is 0 Å². The van der Waals surface area contributed by atoms with E-state index < -0.39 is 11.2 Å². The molecule has 0 aliphatic rings. The minimum atomic E-state index is -0.477. The summed E-state index contributed by atoms with van der Waals surface area (Å²) < 4.78 is 1.33. The topological polar surface area (TPSA) is 83.5 Å². The molecule has 0 fully saturated rings. The van der Waals surface area contributed by atoms with Gasteiger partial charge in [0.2, 0.25) is 0 Å². The first-order chi connectivity index (χ1) is 6.74. The van der Waals surface area contributed by atoms with Crippen LogP contribution in [0.25, 0.3) is 11.2 Å². The van der Waals surface area contributed by atoms with Gasteiger partial charge in [0, 0.05) is 6.54 Å². The fraction of sp³-hybridized carbons (Fsp3) is 0.125. The van der Waals surface area contributed by atoms with Crippen molar-refractivity contribution in [2.45, 2.75) is 6.54 Å². The maximum atomic E-state index is 11.3. The van der Waals surface area contributed by atoms with Crippen molar-refractivity contribution in [2.75, 3.05) is 0 Å². The normalized spacial score (nSPS) is 10.6. The van der Waals surface area contributed by atoms with Crippen LogP contribution in [-0.2, 0) is 6.54 Å². The molecule has 0 atom stereocenters. The summed E-state index contributed by atoms with van der Waals surface area (Å²) in [6, 6.07) is 0. The molecule has 0 unspecified atom stereocenters. The predicted octanol–water partition coefficient (Wildman–Crippen LogP) is -0.401. The Bertz CT molecular complexity index is 589. The Balaban J connectivity index is 2.93. The van der Waals surface area contributed by atoms with Crippen LogP contribution < -0.4 is 11.2 Å². The highest BCUT2D eigenvalue weighted by molar-refractivity contribution is 5.68. The van der Waals surface area contributed by atoms with Gasteiger partial charge in [-0.3, -0.25) is 14.3 Å². The van der Waals surface area contributed by atoms with Gasteiger partial charge in [-0.05, 0) is 0 Å². The Morgan fingerprint density at radius 1 is 1.57 bits per heavy atom. The molecule has 0 aliphatic heterocycles. The molecule has 72 valence electrons. The third-order valence-corrected chi connectivity index (χ3v) is 1.88. The van der Waals surface area contributed by atoms with Crippen LogP contribution in [0.3, 0.4) is 0 Å². The lowest BCUT2D eigenvalue weighted by Gasteiger charge is -2.00. The monoisotopic (exact) mass is 192 g/mol. The van der Waals surface area contributed by atoms with Gasteiger partial charge in [0.1, 0.15) is 5.52 Å². The van der Waals surface area contributed by atoms with E-state index in [9.17, 15) is 9.59 Å². The van der Waals surface area contributed by atoms with Crippen LogP contribution in [0.5, 0.6) is 0 Å². The molecule has 2 aromatic heterocycles. The van der Waals surface area contributed by atoms with Gasteiger partial charge in [-0.25, -0.2) is 9.78 Å². The summed E-state index contributed by atoms with van der Waals surface area (Å²) in [6.07, 6.45) is 2.94. The molecule has 6 heteroatoms. The van der Waals surface area contributed by atoms with Gasteiger partial charge in [-0.2, -0.15) is 0 Å². The molecule has 2 aromatic rings. The highest BCUT2D eigenvalue weighted by atomic mass is 16.2. The maximum Gasteiger partial charge on any atom is 0.330 e. The van der Waals surface area contributed by atoms with Crippen molar-refractivity contribution in [3.05, 3.63) is 39.8 Å². The Morgan fingerprint density at radius 3 is 3.07 bits per heavy atom. The number of allylic oxidation sites excluding steroid dienone is 1. The van der Waals surface area contributed by atoms with Crippen molar-refractivity contribution < 1.29 is 0 Å². The lowest BCUT2D eigenvalue weighted by molar-refractivity contribution is 0.766. The minimum absolute atomic E-state index is 0.298. The SMILES string of the molecule is C=CCn1c(=O)[nH]c(=O)c2[nH]cnc21.